The summed E-state index contributed by atoms with van der Waals surface area (Å²) in [5, 5.41) is 2.91. The van der Waals surface area contributed by atoms with E-state index in [0.717, 1.165) is 28.9 Å². The molecule has 0 spiro atoms. The van der Waals surface area contributed by atoms with Crippen LogP contribution in [0.3, 0.4) is 0 Å². The molecular weight excluding hydrogens is 336 g/mol. The molecule has 2 aromatic carbocycles. The number of carbonyl (C=O) groups excluding carboxylic acids is 1. The quantitative estimate of drug-likeness (QED) is 0.680. The SMILES string of the molecule is CC(=O)NC(C)Cc1ccc(-c2ccc(OCc3cccnc3)cc2)cc1. The molecule has 4 nitrogen and oxygen atoms in total. The highest BCUT2D eigenvalue weighted by molar-refractivity contribution is 5.73. The van der Waals surface area contributed by atoms with Crippen molar-refractivity contribution in [2.24, 2.45) is 0 Å². The van der Waals surface area contributed by atoms with E-state index in [1.165, 1.54) is 5.56 Å². The van der Waals surface area contributed by atoms with E-state index in [-0.39, 0.29) is 11.9 Å². The van der Waals surface area contributed by atoms with Crippen LogP contribution in [-0.2, 0) is 17.8 Å². The topological polar surface area (TPSA) is 51.2 Å². The number of nitrogens with one attached hydrogen (secondary N) is 1. The molecule has 0 fully saturated rings. The summed E-state index contributed by atoms with van der Waals surface area (Å²) in [7, 11) is 0. The summed E-state index contributed by atoms with van der Waals surface area (Å²) >= 11 is 0. The van der Waals surface area contributed by atoms with Crippen molar-refractivity contribution < 1.29 is 9.53 Å². The molecule has 1 unspecified atom stereocenters. The second kappa shape index (κ2) is 8.99. The van der Waals surface area contributed by atoms with Crippen LogP contribution in [0.15, 0.2) is 73.1 Å². The van der Waals surface area contributed by atoms with Gasteiger partial charge in [0.25, 0.3) is 0 Å². The number of hydrogen-bond acceptors (Lipinski definition) is 3. The summed E-state index contributed by atoms with van der Waals surface area (Å²) in [6, 6.07) is 20.6. The first-order chi connectivity index (χ1) is 13.1. The first-order valence-corrected chi connectivity index (χ1v) is 9.08. The lowest BCUT2D eigenvalue weighted by atomic mass is 10.0. The maximum atomic E-state index is 11.1. The zero-order valence-electron chi connectivity index (χ0n) is 15.7. The average Bonchev–Trinajstić information content (AvgIpc) is 2.68. The fraction of sp³-hybridized carbons (Fsp3) is 0.217. The van der Waals surface area contributed by atoms with Gasteiger partial charge in [-0.15, -0.1) is 0 Å². The molecule has 0 radical (unpaired) electrons. The standard InChI is InChI=1S/C23H24N2O2/c1-17(25-18(2)26)14-19-5-7-21(8-6-19)22-9-11-23(12-10-22)27-16-20-4-3-13-24-15-20/h3-13,15,17H,14,16H2,1-2H3,(H,25,26). The first-order valence-electron chi connectivity index (χ1n) is 9.08. The van der Waals surface area contributed by atoms with E-state index >= 15 is 0 Å². The van der Waals surface area contributed by atoms with Crippen LogP contribution in [0.1, 0.15) is 25.0 Å². The third-order valence-corrected chi connectivity index (χ3v) is 4.26. The van der Waals surface area contributed by atoms with Gasteiger partial charge in [-0.2, -0.15) is 0 Å². The zero-order valence-corrected chi connectivity index (χ0v) is 15.7. The van der Waals surface area contributed by atoms with Crippen molar-refractivity contribution in [3.8, 4) is 16.9 Å². The predicted molar refractivity (Wildman–Crippen MR) is 107 cm³/mol. The number of amides is 1. The van der Waals surface area contributed by atoms with Crippen molar-refractivity contribution in [2.45, 2.75) is 32.9 Å². The molecule has 0 aliphatic carbocycles. The monoisotopic (exact) mass is 360 g/mol. The average molecular weight is 360 g/mol. The molecule has 0 bridgehead atoms. The Morgan fingerprint density at radius 3 is 2.26 bits per heavy atom. The fourth-order valence-electron chi connectivity index (χ4n) is 2.98. The molecule has 3 aromatic rings. The molecule has 3 rings (SSSR count). The van der Waals surface area contributed by atoms with Gasteiger partial charge in [-0.05, 0) is 48.2 Å². The van der Waals surface area contributed by atoms with Crippen molar-refractivity contribution in [3.05, 3.63) is 84.2 Å². The van der Waals surface area contributed by atoms with Gasteiger partial charge < -0.3 is 10.1 Å². The largest absolute Gasteiger partial charge is 0.489 e. The van der Waals surface area contributed by atoms with E-state index in [0.29, 0.717) is 6.61 Å². The summed E-state index contributed by atoms with van der Waals surface area (Å²) in [4.78, 5) is 15.2. The lowest BCUT2D eigenvalue weighted by Crippen LogP contribution is -2.31. The van der Waals surface area contributed by atoms with Gasteiger partial charge in [0, 0.05) is 30.9 Å². The van der Waals surface area contributed by atoms with Gasteiger partial charge in [-0.1, -0.05) is 42.5 Å². The molecule has 27 heavy (non-hydrogen) atoms. The first kappa shape index (κ1) is 18.6. The van der Waals surface area contributed by atoms with Crippen LogP contribution in [0.2, 0.25) is 0 Å². The third kappa shape index (κ3) is 5.68. The summed E-state index contributed by atoms with van der Waals surface area (Å²) < 4.78 is 5.80. The second-order valence-electron chi connectivity index (χ2n) is 6.68. The molecule has 1 heterocycles. The molecule has 1 atom stereocenters. The lowest BCUT2D eigenvalue weighted by Gasteiger charge is -2.13. The van der Waals surface area contributed by atoms with E-state index in [9.17, 15) is 4.79 Å². The third-order valence-electron chi connectivity index (χ3n) is 4.26. The fourth-order valence-corrected chi connectivity index (χ4v) is 2.98. The van der Waals surface area contributed by atoms with Crippen molar-refractivity contribution in [3.63, 3.8) is 0 Å². The Bertz CT molecular complexity index is 859. The van der Waals surface area contributed by atoms with Gasteiger partial charge in [-0.25, -0.2) is 0 Å². The Morgan fingerprint density at radius 2 is 1.67 bits per heavy atom. The molecule has 0 aliphatic rings. The molecule has 0 aliphatic heterocycles. The molecule has 1 amide bonds. The van der Waals surface area contributed by atoms with Gasteiger partial charge in [0.15, 0.2) is 0 Å². The lowest BCUT2D eigenvalue weighted by molar-refractivity contribution is -0.119. The number of hydrogen-bond donors (Lipinski definition) is 1. The Morgan fingerprint density at radius 1 is 1.00 bits per heavy atom. The highest BCUT2D eigenvalue weighted by Crippen LogP contribution is 2.23. The molecule has 138 valence electrons. The normalized spacial score (nSPS) is 11.6. The van der Waals surface area contributed by atoms with Gasteiger partial charge in [0.05, 0.1) is 0 Å². The summed E-state index contributed by atoms with van der Waals surface area (Å²) in [6.07, 6.45) is 4.38. The van der Waals surface area contributed by atoms with E-state index < -0.39 is 0 Å². The highest BCUT2D eigenvalue weighted by atomic mass is 16.5. The smallest absolute Gasteiger partial charge is 0.217 e. The maximum absolute atomic E-state index is 11.1. The second-order valence-corrected chi connectivity index (χ2v) is 6.68. The van der Waals surface area contributed by atoms with Crippen LogP contribution in [0.25, 0.3) is 11.1 Å². The van der Waals surface area contributed by atoms with Crippen LogP contribution < -0.4 is 10.1 Å². The van der Waals surface area contributed by atoms with Gasteiger partial charge in [-0.3, -0.25) is 9.78 Å². The highest BCUT2D eigenvalue weighted by Gasteiger charge is 2.05. The molecule has 1 aromatic heterocycles. The minimum absolute atomic E-state index is 0.00459. The van der Waals surface area contributed by atoms with E-state index in [2.05, 4.69) is 46.7 Å². The summed E-state index contributed by atoms with van der Waals surface area (Å²) in [5.41, 5.74) is 4.55. The van der Waals surface area contributed by atoms with Crippen LogP contribution in [-0.4, -0.2) is 16.9 Å². The Labute approximate surface area is 160 Å². The predicted octanol–water partition coefficient (Wildman–Crippen LogP) is 4.39. The van der Waals surface area contributed by atoms with Crippen molar-refractivity contribution in [2.75, 3.05) is 0 Å². The summed E-state index contributed by atoms with van der Waals surface area (Å²) in [5.74, 6) is 0.841. The number of aromatic nitrogens is 1. The van der Waals surface area contributed by atoms with E-state index in [4.69, 9.17) is 4.74 Å². The van der Waals surface area contributed by atoms with Crippen molar-refractivity contribution >= 4 is 5.91 Å². The molecule has 0 saturated carbocycles. The van der Waals surface area contributed by atoms with Crippen LogP contribution in [0.5, 0.6) is 5.75 Å². The molecular formula is C23H24N2O2. The number of nitrogens with zero attached hydrogens (tertiary/aromatic N) is 1. The molecule has 1 N–H and O–H groups in total. The number of rotatable bonds is 7. The van der Waals surface area contributed by atoms with Crippen molar-refractivity contribution in [1.82, 2.24) is 10.3 Å². The van der Waals surface area contributed by atoms with E-state index in [1.807, 2.05) is 37.4 Å². The van der Waals surface area contributed by atoms with Gasteiger partial charge in [0.2, 0.25) is 5.91 Å². The number of pyridine rings is 1. The molecule has 4 heteroatoms. The number of benzene rings is 2. The van der Waals surface area contributed by atoms with Crippen LogP contribution >= 0.6 is 0 Å². The van der Waals surface area contributed by atoms with E-state index in [1.54, 1.807) is 13.1 Å². The number of ether oxygens (including phenoxy) is 1. The Kier molecular flexibility index (Phi) is 6.21. The Balaban J connectivity index is 1.59. The Hall–Kier alpha value is -3.14. The minimum atomic E-state index is 0.00459. The summed E-state index contributed by atoms with van der Waals surface area (Å²) in [6.45, 7) is 4.07. The number of carbonyl (C=O) groups is 1. The van der Waals surface area contributed by atoms with Crippen LogP contribution in [0, 0.1) is 0 Å². The molecule has 0 saturated heterocycles. The van der Waals surface area contributed by atoms with Gasteiger partial charge in [0.1, 0.15) is 12.4 Å². The van der Waals surface area contributed by atoms with Crippen molar-refractivity contribution in [1.29, 1.82) is 0 Å². The maximum Gasteiger partial charge on any atom is 0.217 e. The minimum Gasteiger partial charge on any atom is -0.489 e. The van der Waals surface area contributed by atoms with Gasteiger partial charge >= 0.3 is 0 Å². The van der Waals surface area contributed by atoms with Crippen LogP contribution in [0.4, 0.5) is 0 Å². The zero-order chi connectivity index (χ0) is 19.1.